The van der Waals surface area contributed by atoms with E-state index in [1.165, 1.54) is 6.42 Å². The Morgan fingerprint density at radius 2 is 2.22 bits per heavy atom. The fraction of sp³-hybridized carbons (Fsp3) is 0.857. The predicted molar refractivity (Wildman–Crippen MR) is 35.5 cm³/mol. The summed E-state index contributed by atoms with van der Waals surface area (Å²) in [6.45, 7) is 0. The highest BCUT2D eigenvalue weighted by atomic mass is 35.5. The van der Waals surface area contributed by atoms with Crippen LogP contribution < -0.4 is 0 Å². The summed E-state index contributed by atoms with van der Waals surface area (Å²) in [5.74, 6) is 1.19. The van der Waals surface area contributed by atoms with Gasteiger partial charge in [-0.25, -0.2) is 0 Å². The van der Waals surface area contributed by atoms with Crippen LogP contribution in [0.2, 0.25) is 0 Å². The topological polar surface area (TPSA) is 17.1 Å². The van der Waals surface area contributed by atoms with Crippen molar-refractivity contribution in [2.75, 3.05) is 0 Å². The zero-order chi connectivity index (χ0) is 6.43. The summed E-state index contributed by atoms with van der Waals surface area (Å²) in [5.41, 5.74) is 0. The zero-order valence-corrected chi connectivity index (χ0v) is 5.90. The van der Waals surface area contributed by atoms with E-state index in [9.17, 15) is 4.79 Å². The van der Waals surface area contributed by atoms with Gasteiger partial charge in [0.25, 0.3) is 0 Å². The molecule has 0 spiro atoms. The lowest BCUT2D eigenvalue weighted by Gasteiger charge is -2.12. The SMILES string of the molecule is O=C1C(Cl)[C@@H]2CC[C@H]1C2. The van der Waals surface area contributed by atoms with Crippen LogP contribution >= 0.6 is 11.6 Å². The first-order valence-corrected chi connectivity index (χ1v) is 3.90. The molecule has 1 nitrogen and oxygen atoms in total. The van der Waals surface area contributed by atoms with Gasteiger partial charge in [0.15, 0.2) is 5.78 Å². The summed E-state index contributed by atoms with van der Waals surface area (Å²) in [6.07, 6.45) is 3.37. The number of rotatable bonds is 0. The first-order valence-electron chi connectivity index (χ1n) is 3.47. The van der Waals surface area contributed by atoms with Crippen molar-refractivity contribution in [3.8, 4) is 0 Å². The standard InChI is InChI=1S/C7H9ClO/c8-6-4-1-2-5(3-4)7(6)9/h4-6H,1-3H2/t4-,5+,6?/m1/s1. The van der Waals surface area contributed by atoms with Crippen molar-refractivity contribution < 1.29 is 4.79 Å². The fourth-order valence-electron chi connectivity index (χ4n) is 2.00. The van der Waals surface area contributed by atoms with Crippen LogP contribution in [0.1, 0.15) is 19.3 Å². The summed E-state index contributed by atoms with van der Waals surface area (Å²) >= 11 is 5.81. The fourth-order valence-corrected chi connectivity index (χ4v) is 2.41. The molecule has 0 radical (unpaired) electrons. The highest BCUT2D eigenvalue weighted by molar-refractivity contribution is 6.32. The minimum atomic E-state index is -0.122. The average Bonchev–Trinajstić information content (AvgIpc) is 2.37. The Labute approximate surface area is 59.4 Å². The summed E-state index contributed by atoms with van der Waals surface area (Å²) in [6, 6.07) is 0. The molecular weight excluding hydrogens is 136 g/mol. The highest BCUT2D eigenvalue weighted by Crippen LogP contribution is 2.44. The molecule has 0 aromatic heterocycles. The van der Waals surface area contributed by atoms with Crippen LogP contribution in [-0.2, 0) is 4.79 Å². The molecule has 2 heteroatoms. The van der Waals surface area contributed by atoms with Gasteiger partial charge in [-0.15, -0.1) is 11.6 Å². The highest BCUT2D eigenvalue weighted by Gasteiger charge is 2.45. The maximum Gasteiger partial charge on any atom is 0.154 e. The van der Waals surface area contributed by atoms with E-state index in [2.05, 4.69) is 0 Å². The molecular formula is C7H9ClO. The number of carbonyl (C=O) groups excluding carboxylic acids is 1. The molecule has 3 atom stereocenters. The summed E-state index contributed by atoms with van der Waals surface area (Å²) < 4.78 is 0. The minimum absolute atomic E-state index is 0.122. The molecule has 2 aliphatic rings. The van der Waals surface area contributed by atoms with Gasteiger partial charge in [-0.1, -0.05) is 0 Å². The number of halogens is 1. The van der Waals surface area contributed by atoms with E-state index >= 15 is 0 Å². The number of fused-ring (bicyclic) bond motifs is 2. The van der Waals surface area contributed by atoms with Gasteiger partial charge in [-0.05, 0) is 25.2 Å². The zero-order valence-electron chi connectivity index (χ0n) is 5.14. The molecule has 2 bridgehead atoms. The van der Waals surface area contributed by atoms with Gasteiger partial charge in [0.1, 0.15) is 0 Å². The van der Waals surface area contributed by atoms with E-state index < -0.39 is 0 Å². The molecule has 0 aromatic rings. The van der Waals surface area contributed by atoms with E-state index in [0.717, 1.165) is 12.8 Å². The Kier molecular flexibility index (Phi) is 1.10. The van der Waals surface area contributed by atoms with Crippen molar-refractivity contribution in [2.45, 2.75) is 24.6 Å². The van der Waals surface area contributed by atoms with Crippen LogP contribution in [0.4, 0.5) is 0 Å². The lowest BCUT2D eigenvalue weighted by molar-refractivity contribution is -0.121. The Balaban J connectivity index is 2.25. The lowest BCUT2D eigenvalue weighted by Crippen LogP contribution is -2.21. The molecule has 2 saturated carbocycles. The van der Waals surface area contributed by atoms with Crippen LogP contribution in [0, 0.1) is 11.8 Å². The number of hydrogen-bond donors (Lipinski definition) is 0. The number of alkyl halides is 1. The molecule has 0 aromatic carbocycles. The first-order chi connectivity index (χ1) is 4.29. The predicted octanol–water partition coefficient (Wildman–Crippen LogP) is 1.59. The lowest BCUT2D eigenvalue weighted by atomic mass is 9.99. The van der Waals surface area contributed by atoms with Crippen LogP contribution in [-0.4, -0.2) is 11.2 Å². The van der Waals surface area contributed by atoms with Gasteiger partial charge in [0.05, 0.1) is 5.38 Å². The van der Waals surface area contributed by atoms with Gasteiger partial charge in [-0.2, -0.15) is 0 Å². The number of carbonyl (C=O) groups is 1. The van der Waals surface area contributed by atoms with Crippen LogP contribution in [0.15, 0.2) is 0 Å². The van der Waals surface area contributed by atoms with E-state index in [4.69, 9.17) is 11.6 Å². The molecule has 0 N–H and O–H groups in total. The normalized spacial score (nSPS) is 48.6. The molecule has 0 aliphatic heterocycles. The third-order valence-electron chi connectivity index (χ3n) is 2.56. The van der Waals surface area contributed by atoms with Gasteiger partial charge < -0.3 is 0 Å². The molecule has 50 valence electrons. The summed E-state index contributed by atoms with van der Waals surface area (Å²) in [5, 5.41) is -0.122. The maximum atomic E-state index is 11.0. The molecule has 2 rings (SSSR count). The maximum absolute atomic E-state index is 11.0. The molecule has 0 amide bonds. The first kappa shape index (κ1) is 5.72. The van der Waals surface area contributed by atoms with Crippen molar-refractivity contribution in [1.29, 1.82) is 0 Å². The Morgan fingerprint density at radius 1 is 1.44 bits per heavy atom. The molecule has 2 aliphatic carbocycles. The van der Waals surface area contributed by atoms with Crippen molar-refractivity contribution in [3.05, 3.63) is 0 Å². The average molecular weight is 145 g/mol. The second-order valence-corrected chi connectivity index (χ2v) is 3.54. The van der Waals surface area contributed by atoms with E-state index in [1.54, 1.807) is 0 Å². The van der Waals surface area contributed by atoms with E-state index in [-0.39, 0.29) is 5.38 Å². The minimum Gasteiger partial charge on any atom is -0.298 e. The quantitative estimate of drug-likeness (QED) is 0.472. The summed E-state index contributed by atoms with van der Waals surface area (Å²) in [7, 11) is 0. The molecule has 0 heterocycles. The Hall–Kier alpha value is -0.0400. The number of hydrogen-bond acceptors (Lipinski definition) is 1. The molecule has 9 heavy (non-hydrogen) atoms. The second kappa shape index (κ2) is 1.72. The van der Waals surface area contributed by atoms with Crippen LogP contribution in [0.5, 0.6) is 0 Å². The van der Waals surface area contributed by atoms with Crippen molar-refractivity contribution in [3.63, 3.8) is 0 Å². The van der Waals surface area contributed by atoms with Crippen molar-refractivity contribution >= 4 is 17.4 Å². The van der Waals surface area contributed by atoms with Crippen molar-refractivity contribution in [2.24, 2.45) is 11.8 Å². The molecule has 2 fully saturated rings. The van der Waals surface area contributed by atoms with Gasteiger partial charge >= 0.3 is 0 Å². The van der Waals surface area contributed by atoms with Crippen molar-refractivity contribution in [1.82, 2.24) is 0 Å². The van der Waals surface area contributed by atoms with Crippen LogP contribution in [0.3, 0.4) is 0 Å². The largest absolute Gasteiger partial charge is 0.298 e. The van der Waals surface area contributed by atoms with E-state index in [0.29, 0.717) is 17.6 Å². The van der Waals surface area contributed by atoms with Gasteiger partial charge in [-0.3, -0.25) is 4.79 Å². The Bertz CT molecular complexity index is 151. The second-order valence-electron chi connectivity index (χ2n) is 3.07. The monoisotopic (exact) mass is 144 g/mol. The number of ketones is 1. The summed E-state index contributed by atoms with van der Waals surface area (Å²) in [4.78, 5) is 11.0. The smallest absolute Gasteiger partial charge is 0.154 e. The number of Topliss-reactive ketones (excluding diaryl/α,β-unsaturated/α-hetero) is 1. The van der Waals surface area contributed by atoms with E-state index in [1.807, 2.05) is 0 Å². The Morgan fingerprint density at radius 3 is 2.56 bits per heavy atom. The van der Waals surface area contributed by atoms with Gasteiger partial charge in [0.2, 0.25) is 0 Å². The third-order valence-corrected chi connectivity index (χ3v) is 3.13. The van der Waals surface area contributed by atoms with Gasteiger partial charge in [0, 0.05) is 5.92 Å². The van der Waals surface area contributed by atoms with Crippen LogP contribution in [0.25, 0.3) is 0 Å². The third kappa shape index (κ3) is 0.644. The molecule has 1 unspecified atom stereocenters. The molecule has 0 saturated heterocycles.